The normalized spacial score (nSPS) is 19.6. The molecule has 1 saturated heterocycles. The van der Waals surface area contributed by atoms with Gasteiger partial charge >= 0.3 is 0 Å². The lowest BCUT2D eigenvalue weighted by atomic mass is 10.1. The zero-order valence-corrected chi connectivity index (χ0v) is 11.0. The van der Waals surface area contributed by atoms with E-state index in [1.807, 2.05) is 0 Å². The Morgan fingerprint density at radius 3 is 2.38 bits per heavy atom. The molecule has 0 aliphatic carbocycles. The number of nitrogens with one attached hydrogen (secondary N) is 1. The Kier molecular flexibility index (Phi) is 4.24. The van der Waals surface area contributed by atoms with Gasteiger partial charge in [-0.25, -0.2) is 0 Å². The van der Waals surface area contributed by atoms with Crippen LogP contribution in [0.3, 0.4) is 0 Å². The van der Waals surface area contributed by atoms with E-state index in [0.717, 1.165) is 0 Å². The van der Waals surface area contributed by atoms with E-state index >= 15 is 0 Å². The number of ether oxygens (including phenoxy) is 1. The summed E-state index contributed by atoms with van der Waals surface area (Å²) >= 11 is 4.81. The molecule has 0 spiro atoms. The van der Waals surface area contributed by atoms with Gasteiger partial charge in [-0.05, 0) is 13.8 Å². The maximum Gasteiger partial charge on any atom is 0.280 e. The molecule has 0 unspecified atom stereocenters. The lowest BCUT2D eigenvalue weighted by Crippen LogP contribution is -2.57. The first kappa shape index (κ1) is 13.8. The van der Waals surface area contributed by atoms with E-state index in [2.05, 4.69) is 4.72 Å². The summed E-state index contributed by atoms with van der Waals surface area (Å²) in [6, 6.07) is 0. The van der Waals surface area contributed by atoms with Crippen molar-refractivity contribution in [2.75, 3.05) is 26.3 Å². The molecule has 0 saturated carbocycles. The Bertz CT molecular complexity index is 361. The predicted molar refractivity (Wildman–Crippen MR) is 65.3 cm³/mol. The molecule has 0 aromatic carbocycles. The molecule has 1 fully saturated rings. The standard InChI is InChI=1S/C8H17N3O3S2/c1-8(2,7(9)15)10-16(12,13)11-3-5-14-6-4-11/h10H,3-6H2,1-2H3,(H2,9,15). The Morgan fingerprint density at radius 2 is 1.94 bits per heavy atom. The molecule has 0 atom stereocenters. The second kappa shape index (κ2) is 4.92. The average molecular weight is 267 g/mol. The third-order valence-electron chi connectivity index (χ3n) is 2.31. The molecule has 16 heavy (non-hydrogen) atoms. The van der Waals surface area contributed by atoms with E-state index in [-0.39, 0.29) is 4.99 Å². The van der Waals surface area contributed by atoms with Gasteiger partial charge in [0.1, 0.15) is 0 Å². The van der Waals surface area contributed by atoms with Gasteiger partial charge in [-0.3, -0.25) is 0 Å². The summed E-state index contributed by atoms with van der Waals surface area (Å²) in [7, 11) is -3.55. The molecule has 6 nitrogen and oxygen atoms in total. The number of nitrogens with two attached hydrogens (primary N) is 1. The first-order valence-corrected chi connectivity index (χ1v) is 6.77. The highest BCUT2D eigenvalue weighted by atomic mass is 32.2. The van der Waals surface area contributed by atoms with Crippen molar-refractivity contribution in [3.8, 4) is 0 Å². The maximum absolute atomic E-state index is 11.9. The molecular formula is C8H17N3O3S2. The minimum atomic E-state index is -3.55. The molecular weight excluding hydrogens is 250 g/mol. The van der Waals surface area contributed by atoms with Crippen molar-refractivity contribution in [3.05, 3.63) is 0 Å². The Morgan fingerprint density at radius 1 is 1.44 bits per heavy atom. The molecule has 1 rings (SSSR count). The van der Waals surface area contributed by atoms with E-state index in [1.165, 1.54) is 4.31 Å². The fraction of sp³-hybridized carbons (Fsp3) is 0.875. The van der Waals surface area contributed by atoms with Gasteiger partial charge in [-0.1, -0.05) is 12.2 Å². The number of hydrogen-bond acceptors (Lipinski definition) is 4. The summed E-state index contributed by atoms with van der Waals surface area (Å²) < 4.78 is 32.8. The first-order valence-electron chi connectivity index (χ1n) is 4.92. The van der Waals surface area contributed by atoms with Crippen LogP contribution in [-0.2, 0) is 14.9 Å². The van der Waals surface area contributed by atoms with E-state index in [4.69, 9.17) is 22.7 Å². The molecule has 1 heterocycles. The van der Waals surface area contributed by atoms with Gasteiger partial charge in [0.15, 0.2) is 0 Å². The summed E-state index contributed by atoms with van der Waals surface area (Å²) in [5.41, 5.74) is 4.54. The van der Waals surface area contributed by atoms with Gasteiger partial charge in [0, 0.05) is 13.1 Å². The van der Waals surface area contributed by atoms with Crippen LogP contribution in [0.5, 0.6) is 0 Å². The van der Waals surface area contributed by atoms with E-state index in [1.54, 1.807) is 13.8 Å². The fourth-order valence-electron chi connectivity index (χ4n) is 1.22. The van der Waals surface area contributed by atoms with Crippen molar-refractivity contribution in [2.45, 2.75) is 19.4 Å². The molecule has 3 N–H and O–H groups in total. The van der Waals surface area contributed by atoms with Gasteiger partial charge in [-0.15, -0.1) is 0 Å². The molecule has 94 valence electrons. The zero-order valence-electron chi connectivity index (χ0n) is 9.39. The van der Waals surface area contributed by atoms with Crippen LogP contribution in [0.2, 0.25) is 0 Å². The van der Waals surface area contributed by atoms with Gasteiger partial charge < -0.3 is 10.5 Å². The van der Waals surface area contributed by atoms with Crippen LogP contribution in [0.4, 0.5) is 0 Å². The van der Waals surface area contributed by atoms with Crippen molar-refractivity contribution in [3.63, 3.8) is 0 Å². The summed E-state index contributed by atoms with van der Waals surface area (Å²) in [6.07, 6.45) is 0. The Balaban J connectivity index is 2.74. The fourth-order valence-corrected chi connectivity index (χ4v) is 2.85. The van der Waals surface area contributed by atoms with Crippen molar-refractivity contribution in [1.82, 2.24) is 9.03 Å². The Hall–Kier alpha value is -0.280. The lowest BCUT2D eigenvalue weighted by molar-refractivity contribution is 0.0722. The monoisotopic (exact) mass is 267 g/mol. The molecule has 8 heteroatoms. The van der Waals surface area contributed by atoms with Gasteiger partial charge in [0.05, 0.1) is 23.7 Å². The number of morpholine rings is 1. The number of rotatable bonds is 4. The highest BCUT2D eigenvalue weighted by Gasteiger charge is 2.32. The van der Waals surface area contributed by atoms with Crippen LogP contribution >= 0.6 is 12.2 Å². The van der Waals surface area contributed by atoms with Crippen molar-refractivity contribution >= 4 is 27.4 Å². The molecule has 0 aromatic heterocycles. The second-order valence-electron chi connectivity index (χ2n) is 4.11. The molecule has 0 amide bonds. The molecule has 0 aromatic rings. The molecule has 1 aliphatic heterocycles. The number of nitrogens with zero attached hydrogens (tertiary/aromatic N) is 1. The van der Waals surface area contributed by atoms with Crippen LogP contribution in [0.25, 0.3) is 0 Å². The summed E-state index contributed by atoms with van der Waals surface area (Å²) in [5.74, 6) is 0. The summed E-state index contributed by atoms with van der Waals surface area (Å²) in [4.78, 5) is 0.115. The minimum absolute atomic E-state index is 0.115. The zero-order chi connectivity index (χ0) is 12.4. The van der Waals surface area contributed by atoms with Crippen LogP contribution in [-0.4, -0.2) is 49.6 Å². The highest BCUT2D eigenvalue weighted by molar-refractivity contribution is 7.87. The minimum Gasteiger partial charge on any atom is -0.392 e. The van der Waals surface area contributed by atoms with Gasteiger partial charge in [-0.2, -0.15) is 17.4 Å². The van der Waals surface area contributed by atoms with Crippen molar-refractivity contribution < 1.29 is 13.2 Å². The van der Waals surface area contributed by atoms with E-state index < -0.39 is 15.7 Å². The average Bonchev–Trinajstić information content (AvgIpc) is 2.17. The Labute approximate surface area is 101 Å². The molecule has 0 radical (unpaired) electrons. The largest absolute Gasteiger partial charge is 0.392 e. The topological polar surface area (TPSA) is 84.7 Å². The highest BCUT2D eigenvalue weighted by Crippen LogP contribution is 2.09. The third-order valence-corrected chi connectivity index (χ3v) is 4.63. The predicted octanol–water partition coefficient (Wildman–Crippen LogP) is -0.782. The summed E-state index contributed by atoms with van der Waals surface area (Å²) in [6.45, 7) is 4.79. The first-order chi connectivity index (χ1) is 7.26. The summed E-state index contributed by atoms with van der Waals surface area (Å²) in [5, 5.41) is 0. The lowest BCUT2D eigenvalue weighted by Gasteiger charge is -2.31. The van der Waals surface area contributed by atoms with Crippen LogP contribution < -0.4 is 10.5 Å². The van der Waals surface area contributed by atoms with E-state index in [9.17, 15) is 8.42 Å². The van der Waals surface area contributed by atoms with E-state index in [0.29, 0.717) is 26.3 Å². The molecule has 1 aliphatic rings. The second-order valence-corrected chi connectivity index (χ2v) is 6.22. The SMILES string of the molecule is CC(C)(NS(=O)(=O)N1CCOCC1)C(N)=S. The van der Waals surface area contributed by atoms with Crippen molar-refractivity contribution in [1.29, 1.82) is 0 Å². The van der Waals surface area contributed by atoms with Crippen molar-refractivity contribution in [2.24, 2.45) is 5.73 Å². The third kappa shape index (κ3) is 3.36. The van der Waals surface area contributed by atoms with Gasteiger partial charge in [0.2, 0.25) is 0 Å². The molecule has 0 bridgehead atoms. The van der Waals surface area contributed by atoms with Crippen LogP contribution in [0.1, 0.15) is 13.8 Å². The quantitative estimate of drug-likeness (QED) is 0.653. The smallest absolute Gasteiger partial charge is 0.280 e. The number of hydrogen-bond donors (Lipinski definition) is 2. The maximum atomic E-state index is 11.9. The van der Waals surface area contributed by atoms with Crippen LogP contribution in [0.15, 0.2) is 0 Å². The van der Waals surface area contributed by atoms with Crippen LogP contribution in [0, 0.1) is 0 Å². The van der Waals surface area contributed by atoms with Gasteiger partial charge in [0.25, 0.3) is 10.2 Å². The number of thiocarbonyl (C=S) groups is 1.